The third-order valence-corrected chi connectivity index (χ3v) is 3.81. The van der Waals surface area contributed by atoms with Crippen LogP contribution in [-0.4, -0.2) is 39.2 Å². The summed E-state index contributed by atoms with van der Waals surface area (Å²) in [5.74, 6) is -0.337. The van der Waals surface area contributed by atoms with E-state index in [-0.39, 0.29) is 31.2 Å². The molecule has 0 bridgehead atoms. The summed E-state index contributed by atoms with van der Waals surface area (Å²) in [5.41, 5.74) is 0.282. The predicted molar refractivity (Wildman–Crippen MR) is 83.5 cm³/mol. The molecule has 7 nitrogen and oxygen atoms in total. The van der Waals surface area contributed by atoms with E-state index >= 15 is 0 Å². The van der Waals surface area contributed by atoms with E-state index in [2.05, 4.69) is 25.6 Å². The quantitative estimate of drug-likeness (QED) is 0.842. The number of ketones is 1. The van der Waals surface area contributed by atoms with Crippen LogP contribution in [0.15, 0.2) is 30.7 Å². The van der Waals surface area contributed by atoms with Gasteiger partial charge in [0.2, 0.25) is 5.91 Å². The Kier molecular flexibility index (Phi) is 4.94. The number of halogens is 3. The van der Waals surface area contributed by atoms with Gasteiger partial charge in [0.15, 0.2) is 0 Å². The fourth-order valence-corrected chi connectivity index (χ4v) is 2.46. The van der Waals surface area contributed by atoms with E-state index in [9.17, 15) is 22.8 Å². The lowest BCUT2D eigenvalue weighted by atomic mass is 10.1. The molecular formula is C16H14F3N5O2. The minimum Gasteiger partial charge on any atom is -0.349 e. The van der Waals surface area contributed by atoms with Gasteiger partial charge in [-0.3, -0.25) is 19.9 Å². The highest BCUT2D eigenvalue weighted by Crippen LogP contribution is 2.28. The molecule has 3 heterocycles. The van der Waals surface area contributed by atoms with Crippen LogP contribution in [0, 0.1) is 0 Å². The van der Waals surface area contributed by atoms with Crippen LogP contribution in [-0.2, 0) is 22.3 Å². The number of nitrogens with one attached hydrogen (secondary N) is 2. The molecule has 0 radical (unpaired) electrons. The van der Waals surface area contributed by atoms with E-state index in [1.165, 1.54) is 12.4 Å². The summed E-state index contributed by atoms with van der Waals surface area (Å²) in [6, 6.07) is 3.15. The Morgan fingerprint density at radius 1 is 1.27 bits per heavy atom. The van der Waals surface area contributed by atoms with Crippen LogP contribution in [0.3, 0.4) is 0 Å². The number of nitrogens with zero attached hydrogens (tertiary/aromatic N) is 3. The van der Waals surface area contributed by atoms with Crippen molar-refractivity contribution < 1.29 is 22.8 Å². The molecule has 1 fully saturated rings. The van der Waals surface area contributed by atoms with Crippen LogP contribution < -0.4 is 10.6 Å². The SMILES string of the molecule is O=C1CN[C@H](C(=O)NCc2cc(-c3ccc(C(F)(F)F)nc3)ncn2)C1. The van der Waals surface area contributed by atoms with E-state index in [1.54, 1.807) is 6.07 Å². The smallest absolute Gasteiger partial charge is 0.349 e. The lowest BCUT2D eigenvalue weighted by Gasteiger charge is -2.10. The Hall–Kier alpha value is -2.88. The first-order valence-corrected chi connectivity index (χ1v) is 7.70. The zero-order valence-corrected chi connectivity index (χ0v) is 13.4. The zero-order chi connectivity index (χ0) is 18.7. The standard InChI is InChI=1S/C16H14F3N5O2/c17-16(18,19)14-2-1-9(5-21-14)12-3-10(23-8-24-12)6-22-15(26)13-4-11(25)7-20-13/h1-3,5,8,13,20H,4,6-7H2,(H,22,26)/t13-/m0/s1. The number of hydrogen-bond donors (Lipinski definition) is 2. The van der Waals surface area contributed by atoms with Crippen molar-refractivity contribution in [3.8, 4) is 11.3 Å². The zero-order valence-electron chi connectivity index (χ0n) is 13.4. The number of pyridine rings is 1. The van der Waals surface area contributed by atoms with E-state index in [4.69, 9.17) is 0 Å². The Morgan fingerprint density at radius 3 is 2.69 bits per heavy atom. The maximum absolute atomic E-state index is 12.6. The predicted octanol–water partition coefficient (Wildman–Crippen LogP) is 1.10. The van der Waals surface area contributed by atoms with Crippen molar-refractivity contribution in [2.45, 2.75) is 25.2 Å². The van der Waals surface area contributed by atoms with Gasteiger partial charge in [0, 0.05) is 18.2 Å². The first-order valence-electron chi connectivity index (χ1n) is 7.70. The number of Topliss-reactive ketones (excluding diaryl/α,β-unsaturated/α-hetero) is 1. The summed E-state index contributed by atoms with van der Waals surface area (Å²) in [7, 11) is 0. The molecule has 136 valence electrons. The highest BCUT2D eigenvalue weighted by Gasteiger charge is 2.32. The Morgan fingerprint density at radius 2 is 2.08 bits per heavy atom. The van der Waals surface area contributed by atoms with E-state index in [0.29, 0.717) is 17.0 Å². The average Bonchev–Trinajstić information content (AvgIpc) is 3.06. The van der Waals surface area contributed by atoms with Gasteiger partial charge < -0.3 is 5.32 Å². The molecule has 2 N–H and O–H groups in total. The lowest BCUT2D eigenvalue weighted by molar-refractivity contribution is -0.141. The van der Waals surface area contributed by atoms with Gasteiger partial charge in [0.05, 0.1) is 30.5 Å². The second-order valence-electron chi connectivity index (χ2n) is 5.72. The maximum Gasteiger partial charge on any atom is 0.433 e. The molecule has 0 saturated carbocycles. The van der Waals surface area contributed by atoms with Gasteiger partial charge in [0.25, 0.3) is 0 Å². The van der Waals surface area contributed by atoms with E-state index in [0.717, 1.165) is 12.3 Å². The molecule has 0 aromatic carbocycles. The molecule has 1 aliphatic rings. The summed E-state index contributed by atoms with van der Waals surface area (Å²) in [5, 5.41) is 5.46. The molecule has 3 rings (SSSR count). The first-order chi connectivity index (χ1) is 12.3. The molecule has 2 aromatic heterocycles. The third kappa shape index (κ3) is 4.20. The fourth-order valence-electron chi connectivity index (χ4n) is 2.46. The van der Waals surface area contributed by atoms with Crippen LogP contribution in [0.5, 0.6) is 0 Å². The van der Waals surface area contributed by atoms with Crippen molar-refractivity contribution in [2.24, 2.45) is 0 Å². The molecule has 0 spiro atoms. The molecule has 26 heavy (non-hydrogen) atoms. The number of carbonyl (C=O) groups excluding carboxylic acids is 2. The summed E-state index contributed by atoms with van der Waals surface area (Å²) >= 11 is 0. The van der Waals surface area contributed by atoms with Crippen LogP contribution in [0.4, 0.5) is 13.2 Å². The minimum atomic E-state index is -4.50. The molecule has 1 saturated heterocycles. The Labute approximate surface area is 146 Å². The normalized spacial score (nSPS) is 17.3. The van der Waals surface area contributed by atoms with Gasteiger partial charge >= 0.3 is 6.18 Å². The second kappa shape index (κ2) is 7.16. The number of alkyl halides is 3. The minimum absolute atomic E-state index is 0.0238. The highest BCUT2D eigenvalue weighted by atomic mass is 19.4. The van der Waals surface area contributed by atoms with Gasteiger partial charge in [0.1, 0.15) is 17.8 Å². The maximum atomic E-state index is 12.6. The van der Waals surface area contributed by atoms with Crippen molar-refractivity contribution in [3.05, 3.63) is 42.1 Å². The van der Waals surface area contributed by atoms with Crippen LogP contribution >= 0.6 is 0 Å². The van der Waals surface area contributed by atoms with Gasteiger partial charge in [-0.2, -0.15) is 13.2 Å². The third-order valence-electron chi connectivity index (χ3n) is 3.81. The van der Waals surface area contributed by atoms with Crippen LogP contribution in [0.1, 0.15) is 17.8 Å². The summed E-state index contributed by atoms with van der Waals surface area (Å²) in [4.78, 5) is 34.6. The first kappa shape index (κ1) is 17.9. The van der Waals surface area contributed by atoms with Gasteiger partial charge in [-0.25, -0.2) is 9.97 Å². The molecule has 1 aliphatic heterocycles. The largest absolute Gasteiger partial charge is 0.433 e. The molecule has 10 heteroatoms. The van der Waals surface area contributed by atoms with Crippen molar-refractivity contribution in [1.29, 1.82) is 0 Å². The van der Waals surface area contributed by atoms with E-state index in [1.807, 2.05) is 0 Å². The number of rotatable bonds is 4. The Bertz CT molecular complexity index is 823. The molecule has 1 amide bonds. The summed E-state index contributed by atoms with van der Waals surface area (Å²) < 4.78 is 37.7. The summed E-state index contributed by atoms with van der Waals surface area (Å²) in [6.07, 6.45) is -2.01. The molecule has 0 aliphatic carbocycles. The number of aromatic nitrogens is 3. The van der Waals surface area contributed by atoms with Gasteiger partial charge in [-0.15, -0.1) is 0 Å². The molecule has 2 aromatic rings. The molecule has 0 unspecified atom stereocenters. The van der Waals surface area contributed by atoms with Crippen molar-refractivity contribution in [3.63, 3.8) is 0 Å². The number of amides is 1. The van der Waals surface area contributed by atoms with Crippen molar-refractivity contribution in [2.75, 3.05) is 6.54 Å². The van der Waals surface area contributed by atoms with E-state index < -0.39 is 17.9 Å². The number of carbonyl (C=O) groups is 2. The number of hydrogen-bond acceptors (Lipinski definition) is 6. The highest BCUT2D eigenvalue weighted by molar-refractivity contribution is 5.93. The average molecular weight is 365 g/mol. The monoisotopic (exact) mass is 365 g/mol. The lowest BCUT2D eigenvalue weighted by Crippen LogP contribution is -2.40. The van der Waals surface area contributed by atoms with Gasteiger partial charge in [-0.1, -0.05) is 0 Å². The van der Waals surface area contributed by atoms with Gasteiger partial charge in [-0.05, 0) is 18.2 Å². The Balaban J connectivity index is 1.66. The van der Waals surface area contributed by atoms with Crippen molar-refractivity contribution >= 4 is 11.7 Å². The second-order valence-corrected chi connectivity index (χ2v) is 5.72. The van der Waals surface area contributed by atoms with Crippen molar-refractivity contribution in [1.82, 2.24) is 25.6 Å². The van der Waals surface area contributed by atoms with Crippen LogP contribution in [0.25, 0.3) is 11.3 Å². The van der Waals surface area contributed by atoms with Crippen LogP contribution in [0.2, 0.25) is 0 Å². The fraction of sp³-hybridized carbons (Fsp3) is 0.312. The molecule has 1 atom stereocenters. The summed E-state index contributed by atoms with van der Waals surface area (Å²) in [6.45, 7) is 0.283. The topological polar surface area (TPSA) is 96.9 Å². The molecular weight excluding hydrogens is 351 g/mol.